The van der Waals surface area contributed by atoms with E-state index in [2.05, 4.69) is 21.4 Å². The second-order valence-corrected chi connectivity index (χ2v) is 5.45. The molecule has 0 unspecified atom stereocenters. The number of anilines is 2. The van der Waals surface area contributed by atoms with Crippen LogP contribution in [0.4, 0.5) is 11.5 Å². The molecular weight excluding hydrogens is 312 g/mol. The van der Waals surface area contributed by atoms with E-state index in [1.807, 2.05) is 6.07 Å². The van der Waals surface area contributed by atoms with Crippen molar-refractivity contribution in [3.63, 3.8) is 0 Å². The summed E-state index contributed by atoms with van der Waals surface area (Å²) in [5.74, 6) is 0.108. The van der Waals surface area contributed by atoms with Crippen molar-refractivity contribution in [2.24, 2.45) is 0 Å². The molecule has 0 aliphatic rings. The standard InChI is InChI=1S/C16H12N4O2S/c1-2-22-16(21)12-8-23-15-13(12)14(18-9-19-15)20-11-5-3-4-10(6-11)7-17/h3-6,8-9H,2H2,1H3,(H,18,19,20). The molecular formula is C16H12N4O2S. The van der Waals surface area contributed by atoms with E-state index in [0.29, 0.717) is 39.5 Å². The van der Waals surface area contributed by atoms with Gasteiger partial charge in [0, 0.05) is 11.1 Å². The number of benzene rings is 1. The maximum absolute atomic E-state index is 12.1. The summed E-state index contributed by atoms with van der Waals surface area (Å²) in [6, 6.07) is 9.12. The second-order valence-electron chi connectivity index (χ2n) is 4.59. The van der Waals surface area contributed by atoms with E-state index >= 15 is 0 Å². The SMILES string of the molecule is CCOC(=O)c1csc2ncnc(Nc3cccc(C#N)c3)c12. The van der Waals surface area contributed by atoms with E-state index < -0.39 is 5.97 Å². The summed E-state index contributed by atoms with van der Waals surface area (Å²) >= 11 is 1.36. The number of ether oxygens (including phenoxy) is 1. The van der Waals surface area contributed by atoms with Gasteiger partial charge in [0.2, 0.25) is 0 Å². The van der Waals surface area contributed by atoms with Gasteiger partial charge in [0.15, 0.2) is 0 Å². The number of carbonyl (C=O) groups excluding carboxylic acids is 1. The lowest BCUT2D eigenvalue weighted by Gasteiger charge is -2.08. The molecule has 1 N–H and O–H groups in total. The topological polar surface area (TPSA) is 87.9 Å². The minimum absolute atomic E-state index is 0.302. The zero-order chi connectivity index (χ0) is 16.2. The quantitative estimate of drug-likeness (QED) is 0.739. The van der Waals surface area contributed by atoms with Crippen LogP contribution in [0.1, 0.15) is 22.8 Å². The maximum atomic E-state index is 12.1. The number of esters is 1. The molecule has 114 valence electrons. The van der Waals surface area contributed by atoms with Gasteiger partial charge in [0.05, 0.1) is 29.2 Å². The smallest absolute Gasteiger partial charge is 0.339 e. The minimum Gasteiger partial charge on any atom is -0.462 e. The van der Waals surface area contributed by atoms with Gasteiger partial charge in [0.25, 0.3) is 0 Å². The van der Waals surface area contributed by atoms with E-state index in [-0.39, 0.29) is 0 Å². The highest BCUT2D eigenvalue weighted by atomic mass is 32.1. The molecule has 6 nitrogen and oxygen atoms in total. The molecule has 7 heteroatoms. The number of thiophene rings is 1. The number of aromatic nitrogens is 2. The van der Waals surface area contributed by atoms with Crippen LogP contribution in [0.2, 0.25) is 0 Å². The lowest BCUT2D eigenvalue weighted by Crippen LogP contribution is -2.05. The Morgan fingerprint density at radius 1 is 1.43 bits per heavy atom. The molecule has 0 bridgehead atoms. The normalized spacial score (nSPS) is 10.3. The Balaban J connectivity index is 2.05. The average molecular weight is 324 g/mol. The van der Waals surface area contributed by atoms with Crippen molar-refractivity contribution in [1.82, 2.24) is 9.97 Å². The fraction of sp³-hybridized carbons (Fsp3) is 0.125. The highest BCUT2D eigenvalue weighted by Gasteiger charge is 2.18. The van der Waals surface area contributed by atoms with Crippen molar-refractivity contribution < 1.29 is 9.53 Å². The third-order valence-corrected chi connectivity index (χ3v) is 4.01. The summed E-state index contributed by atoms with van der Waals surface area (Å²) in [5.41, 5.74) is 1.69. The zero-order valence-electron chi connectivity index (χ0n) is 12.2. The van der Waals surface area contributed by atoms with Crippen LogP contribution in [0.5, 0.6) is 0 Å². The van der Waals surface area contributed by atoms with E-state index in [0.717, 1.165) is 0 Å². The molecule has 0 atom stereocenters. The monoisotopic (exact) mass is 324 g/mol. The molecule has 2 heterocycles. The summed E-state index contributed by atoms with van der Waals surface area (Å²) < 4.78 is 5.08. The van der Waals surface area contributed by atoms with Gasteiger partial charge < -0.3 is 10.1 Å². The summed E-state index contributed by atoms with van der Waals surface area (Å²) in [5, 5.41) is 14.5. The van der Waals surface area contributed by atoms with Crippen LogP contribution in [0, 0.1) is 11.3 Å². The largest absolute Gasteiger partial charge is 0.462 e. The van der Waals surface area contributed by atoms with Gasteiger partial charge in [-0.2, -0.15) is 5.26 Å². The van der Waals surface area contributed by atoms with E-state index in [1.165, 1.54) is 17.7 Å². The molecule has 1 aromatic carbocycles. The predicted octanol–water partition coefficient (Wildman–Crippen LogP) is 3.48. The van der Waals surface area contributed by atoms with Crippen LogP contribution in [-0.2, 0) is 4.74 Å². The van der Waals surface area contributed by atoms with Crippen LogP contribution in [0.25, 0.3) is 10.2 Å². The first-order valence-electron chi connectivity index (χ1n) is 6.89. The fourth-order valence-electron chi connectivity index (χ4n) is 2.13. The number of hydrogen-bond donors (Lipinski definition) is 1. The molecule has 0 amide bonds. The van der Waals surface area contributed by atoms with Gasteiger partial charge in [-0.05, 0) is 25.1 Å². The summed E-state index contributed by atoms with van der Waals surface area (Å²) in [6.07, 6.45) is 1.43. The van der Waals surface area contributed by atoms with Crippen molar-refractivity contribution in [3.8, 4) is 6.07 Å². The number of nitrogens with one attached hydrogen (secondary N) is 1. The van der Waals surface area contributed by atoms with Crippen LogP contribution >= 0.6 is 11.3 Å². The number of fused-ring (bicyclic) bond motifs is 1. The Bertz CT molecular complexity index is 914. The van der Waals surface area contributed by atoms with Crippen molar-refractivity contribution in [1.29, 1.82) is 5.26 Å². The summed E-state index contributed by atoms with van der Waals surface area (Å²) in [4.78, 5) is 21.2. The van der Waals surface area contributed by atoms with Gasteiger partial charge in [-0.3, -0.25) is 0 Å². The first-order chi connectivity index (χ1) is 11.2. The predicted molar refractivity (Wildman–Crippen MR) is 87.8 cm³/mol. The molecule has 0 saturated heterocycles. The third kappa shape index (κ3) is 2.98. The second kappa shape index (κ2) is 6.42. The molecule has 0 aliphatic heterocycles. The molecule has 0 radical (unpaired) electrons. The Morgan fingerprint density at radius 2 is 2.30 bits per heavy atom. The first kappa shape index (κ1) is 14.9. The summed E-state index contributed by atoms with van der Waals surface area (Å²) in [6.45, 7) is 2.06. The van der Waals surface area contributed by atoms with Crippen molar-refractivity contribution in [3.05, 3.63) is 47.1 Å². The van der Waals surface area contributed by atoms with Crippen LogP contribution in [0.15, 0.2) is 36.0 Å². The number of hydrogen-bond acceptors (Lipinski definition) is 7. The number of rotatable bonds is 4. The highest BCUT2D eigenvalue weighted by Crippen LogP contribution is 2.31. The van der Waals surface area contributed by atoms with Gasteiger partial charge in [0.1, 0.15) is 17.0 Å². The average Bonchev–Trinajstić information content (AvgIpc) is 3.00. The highest BCUT2D eigenvalue weighted by molar-refractivity contribution is 7.17. The molecule has 0 aliphatic carbocycles. The van der Waals surface area contributed by atoms with Gasteiger partial charge in [-0.1, -0.05) is 6.07 Å². The number of nitriles is 1. The third-order valence-electron chi connectivity index (χ3n) is 3.12. The van der Waals surface area contributed by atoms with Gasteiger partial charge in [-0.25, -0.2) is 14.8 Å². The van der Waals surface area contributed by atoms with Crippen LogP contribution < -0.4 is 5.32 Å². The van der Waals surface area contributed by atoms with Crippen LogP contribution in [-0.4, -0.2) is 22.5 Å². The van der Waals surface area contributed by atoms with E-state index in [4.69, 9.17) is 10.00 Å². The van der Waals surface area contributed by atoms with Gasteiger partial charge >= 0.3 is 5.97 Å². The lowest BCUT2D eigenvalue weighted by atomic mass is 10.2. The number of carbonyl (C=O) groups is 1. The van der Waals surface area contributed by atoms with E-state index in [1.54, 1.807) is 30.5 Å². The number of nitrogens with zero attached hydrogens (tertiary/aromatic N) is 3. The summed E-state index contributed by atoms with van der Waals surface area (Å²) in [7, 11) is 0. The zero-order valence-corrected chi connectivity index (χ0v) is 13.1. The molecule has 3 aromatic rings. The Kier molecular flexibility index (Phi) is 4.17. The molecule has 0 saturated carbocycles. The van der Waals surface area contributed by atoms with Crippen molar-refractivity contribution in [2.45, 2.75) is 6.92 Å². The molecule has 0 fully saturated rings. The lowest BCUT2D eigenvalue weighted by molar-refractivity contribution is 0.0529. The first-order valence-corrected chi connectivity index (χ1v) is 7.77. The molecule has 3 rings (SSSR count). The van der Waals surface area contributed by atoms with E-state index in [9.17, 15) is 4.79 Å². The molecule has 23 heavy (non-hydrogen) atoms. The minimum atomic E-state index is -0.401. The van der Waals surface area contributed by atoms with Gasteiger partial charge in [-0.15, -0.1) is 11.3 Å². The van der Waals surface area contributed by atoms with Crippen molar-refractivity contribution in [2.75, 3.05) is 11.9 Å². The van der Waals surface area contributed by atoms with Crippen LogP contribution in [0.3, 0.4) is 0 Å². The Hall–Kier alpha value is -2.98. The Morgan fingerprint density at radius 3 is 3.09 bits per heavy atom. The maximum Gasteiger partial charge on any atom is 0.339 e. The Labute approximate surface area is 136 Å². The molecule has 0 spiro atoms. The van der Waals surface area contributed by atoms with Crippen molar-refractivity contribution >= 4 is 39.0 Å². The molecule has 2 aromatic heterocycles. The fourth-order valence-corrected chi connectivity index (χ4v) is 3.01.